The van der Waals surface area contributed by atoms with E-state index in [1.54, 1.807) is 0 Å². The Morgan fingerprint density at radius 3 is 2.56 bits per heavy atom. The first kappa shape index (κ1) is 21.1. The number of sulfonamides is 1. The summed E-state index contributed by atoms with van der Waals surface area (Å²) in [6.45, 7) is -0.763. The minimum Gasteiger partial charge on any atom is -0.452 e. The number of amides is 2. The highest BCUT2D eigenvalue weighted by Gasteiger charge is 2.30. The van der Waals surface area contributed by atoms with Gasteiger partial charge in [0.1, 0.15) is 4.90 Å². The summed E-state index contributed by atoms with van der Waals surface area (Å²) in [4.78, 5) is 36.1. The van der Waals surface area contributed by atoms with Gasteiger partial charge in [0, 0.05) is 20.1 Å². The van der Waals surface area contributed by atoms with Crippen molar-refractivity contribution in [1.29, 1.82) is 0 Å². The molecule has 0 aromatic heterocycles. The Hall–Kier alpha value is -2.17. The lowest BCUT2D eigenvalue weighted by Crippen LogP contribution is -2.39. The van der Waals surface area contributed by atoms with Gasteiger partial charge in [-0.05, 0) is 31.0 Å². The number of nitrogens with zero attached hydrogens (tertiary/aromatic N) is 1. The zero-order chi connectivity index (χ0) is 20.2. The van der Waals surface area contributed by atoms with Gasteiger partial charge >= 0.3 is 5.97 Å². The molecular weight excluding hydrogens is 398 g/mol. The molecule has 0 radical (unpaired) electrons. The van der Waals surface area contributed by atoms with E-state index in [4.69, 9.17) is 16.3 Å². The number of ether oxygens (including phenoxy) is 1. The van der Waals surface area contributed by atoms with Gasteiger partial charge < -0.3 is 15.0 Å². The van der Waals surface area contributed by atoms with E-state index >= 15 is 0 Å². The third-order valence-electron chi connectivity index (χ3n) is 3.77. The molecule has 2 rings (SSSR count). The molecule has 2 amide bonds. The zero-order valence-electron chi connectivity index (χ0n) is 14.8. The fourth-order valence-electron chi connectivity index (χ4n) is 2.02. The van der Waals surface area contributed by atoms with Crippen LogP contribution in [0.1, 0.15) is 23.2 Å². The number of benzene rings is 1. The van der Waals surface area contributed by atoms with Gasteiger partial charge in [-0.15, -0.1) is 0 Å². The molecule has 11 heteroatoms. The minimum atomic E-state index is -3.85. The van der Waals surface area contributed by atoms with Crippen LogP contribution in [-0.4, -0.2) is 64.4 Å². The van der Waals surface area contributed by atoms with E-state index in [2.05, 4.69) is 10.0 Å². The number of rotatable bonds is 8. The van der Waals surface area contributed by atoms with Gasteiger partial charge in [-0.1, -0.05) is 11.6 Å². The van der Waals surface area contributed by atoms with Gasteiger partial charge in [-0.3, -0.25) is 9.59 Å². The average molecular weight is 418 g/mol. The van der Waals surface area contributed by atoms with Crippen LogP contribution in [0.4, 0.5) is 0 Å². The number of likely N-dealkylation sites (N-methyl/N-ethyl adjacent to an activating group) is 2. The van der Waals surface area contributed by atoms with E-state index in [1.165, 1.54) is 26.2 Å². The molecule has 0 bridgehead atoms. The summed E-state index contributed by atoms with van der Waals surface area (Å²) in [7, 11) is -1.03. The van der Waals surface area contributed by atoms with Gasteiger partial charge in [0.25, 0.3) is 5.91 Å². The van der Waals surface area contributed by atoms with Crippen molar-refractivity contribution in [2.24, 2.45) is 0 Å². The molecule has 0 saturated heterocycles. The van der Waals surface area contributed by atoms with E-state index in [1.807, 2.05) is 0 Å². The van der Waals surface area contributed by atoms with Crippen LogP contribution >= 0.6 is 11.6 Å². The average Bonchev–Trinajstić information content (AvgIpc) is 3.42. The summed E-state index contributed by atoms with van der Waals surface area (Å²) < 4.78 is 32.0. The van der Waals surface area contributed by atoms with Crippen molar-refractivity contribution in [3.8, 4) is 0 Å². The van der Waals surface area contributed by atoms with Crippen molar-refractivity contribution in [3.63, 3.8) is 0 Å². The molecule has 1 aromatic rings. The summed E-state index contributed by atoms with van der Waals surface area (Å²) >= 11 is 5.95. The van der Waals surface area contributed by atoms with Crippen LogP contribution in [0.25, 0.3) is 0 Å². The lowest BCUT2D eigenvalue weighted by Gasteiger charge is -2.16. The third kappa shape index (κ3) is 5.91. The Labute approximate surface area is 162 Å². The van der Waals surface area contributed by atoms with Gasteiger partial charge in [0.2, 0.25) is 15.9 Å². The highest BCUT2D eigenvalue weighted by atomic mass is 35.5. The van der Waals surface area contributed by atoms with Crippen molar-refractivity contribution in [3.05, 3.63) is 28.8 Å². The highest BCUT2D eigenvalue weighted by Crippen LogP contribution is 2.27. The van der Waals surface area contributed by atoms with Crippen LogP contribution < -0.4 is 10.0 Å². The number of nitrogens with one attached hydrogen (secondary N) is 2. The third-order valence-corrected chi connectivity index (χ3v) is 5.77. The molecule has 27 heavy (non-hydrogen) atoms. The molecule has 1 fully saturated rings. The first-order chi connectivity index (χ1) is 12.6. The fraction of sp³-hybridized carbons (Fsp3) is 0.438. The predicted molar refractivity (Wildman–Crippen MR) is 96.8 cm³/mol. The van der Waals surface area contributed by atoms with Crippen LogP contribution in [0.3, 0.4) is 0 Å². The summed E-state index contributed by atoms with van der Waals surface area (Å²) in [6.07, 6.45) is 1.51. The van der Waals surface area contributed by atoms with E-state index in [0.29, 0.717) is 0 Å². The standard InChI is InChI=1S/C16H20ClN3O6S/c1-18-14(21)8-20(2)15(22)9-26-16(23)10-3-6-12(17)13(7-10)27(24,25)19-11-4-5-11/h3,6-7,11,19H,4-5,8-9H2,1-2H3,(H,18,21). The Balaban J connectivity index is 2.03. The summed E-state index contributed by atoms with van der Waals surface area (Å²) in [5.41, 5.74) is -0.0580. The quantitative estimate of drug-likeness (QED) is 0.580. The summed E-state index contributed by atoms with van der Waals surface area (Å²) in [5.74, 6) is -1.83. The first-order valence-electron chi connectivity index (χ1n) is 8.07. The van der Waals surface area contributed by atoms with Gasteiger partial charge in [0.05, 0.1) is 17.1 Å². The topological polar surface area (TPSA) is 122 Å². The Kier molecular flexibility index (Phi) is 6.79. The molecule has 1 aromatic carbocycles. The molecule has 1 aliphatic carbocycles. The van der Waals surface area contributed by atoms with Gasteiger partial charge in [-0.2, -0.15) is 0 Å². The van der Waals surface area contributed by atoms with Crippen molar-refractivity contribution < 1.29 is 27.5 Å². The molecule has 9 nitrogen and oxygen atoms in total. The Bertz CT molecular complexity index is 854. The molecule has 0 unspecified atom stereocenters. The van der Waals surface area contributed by atoms with Gasteiger partial charge in [-0.25, -0.2) is 17.9 Å². The van der Waals surface area contributed by atoms with E-state index in [0.717, 1.165) is 23.8 Å². The Morgan fingerprint density at radius 1 is 1.30 bits per heavy atom. The van der Waals surface area contributed by atoms with Crippen LogP contribution in [0, 0.1) is 0 Å². The molecule has 1 saturated carbocycles. The normalized spacial score (nSPS) is 13.7. The van der Waals surface area contributed by atoms with E-state index in [9.17, 15) is 22.8 Å². The largest absolute Gasteiger partial charge is 0.452 e. The lowest BCUT2D eigenvalue weighted by atomic mass is 10.2. The molecule has 0 spiro atoms. The van der Waals surface area contributed by atoms with Crippen LogP contribution in [0.5, 0.6) is 0 Å². The van der Waals surface area contributed by atoms with Gasteiger partial charge in [0.15, 0.2) is 6.61 Å². The molecule has 2 N–H and O–H groups in total. The number of halogens is 1. The number of carbonyl (C=O) groups is 3. The maximum Gasteiger partial charge on any atom is 0.338 e. The fourth-order valence-corrected chi connectivity index (χ4v) is 3.85. The second-order valence-electron chi connectivity index (χ2n) is 6.04. The maximum absolute atomic E-state index is 12.3. The highest BCUT2D eigenvalue weighted by molar-refractivity contribution is 7.89. The molecule has 1 aliphatic rings. The predicted octanol–water partition coefficient (Wildman–Crippen LogP) is 0.142. The molecule has 0 atom stereocenters. The number of hydrogen-bond acceptors (Lipinski definition) is 6. The summed E-state index contributed by atoms with van der Waals surface area (Å²) in [5, 5.41) is 2.34. The number of hydrogen-bond donors (Lipinski definition) is 2. The lowest BCUT2D eigenvalue weighted by molar-refractivity contribution is -0.137. The second kappa shape index (κ2) is 8.68. The Morgan fingerprint density at radius 2 is 1.96 bits per heavy atom. The monoisotopic (exact) mass is 417 g/mol. The van der Waals surface area contributed by atoms with Crippen LogP contribution in [-0.2, 0) is 24.3 Å². The van der Waals surface area contributed by atoms with Crippen molar-refractivity contribution in [2.75, 3.05) is 27.2 Å². The summed E-state index contributed by atoms with van der Waals surface area (Å²) in [6, 6.07) is 3.57. The SMILES string of the molecule is CNC(=O)CN(C)C(=O)COC(=O)c1ccc(Cl)c(S(=O)(=O)NC2CC2)c1. The molecule has 148 valence electrons. The minimum absolute atomic E-state index is 0.0268. The van der Waals surface area contributed by atoms with Crippen molar-refractivity contribution in [1.82, 2.24) is 14.9 Å². The van der Waals surface area contributed by atoms with E-state index < -0.39 is 28.5 Å². The van der Waals surface area contributed by atoms with Crippen molar-refractivity contribution >= 4 is 39.4 Å². The van der Waals surface area contributed by atoms with Crippen LogP contribution in [0.15, 0.2) is 23.1 Å². The molecular formula is C16H20ClN3O6S. The second-order valence-corrected chi connectivity index (χ2v) is 8.13. The van der Waals surface area contributed by atoms with Crippen molar-refractivity contribution in [2.45, 2.75) is 23.8 Å². The van der Waals surface area contributed by atoms with Crippen LogP contribution in [0.2, 0.25) is 5.02 Å². The van der Waals surface area contributed by atoms with E-state index in [-0.39, 0.29) is 34.0 Å². The maximum atomic E-state index is 12.3. The smallest absolute Gasteiger partial charge is 0.338 e. The molecule has 0 heterocycles. The molecule has 0 aliphatic heterocycles. The zero-order valence-corrected chi connectivity index (χ0v) is 16.4. The number of carbonyl (C=O) groups excluding carboxylic acids is 3. The number of esters is 1. The first-order valence-corrected chi connectivity index (χ1v) is 9.93.